The predicted octanol–water partition coefficient (Wildman–Crippen LogP) is 2.83. The molecule has 0 bridgehead atoms. The Kier molecular flexibility index (Phi) is 11.0. The number of halogens is 2. The maximum Gasteiger partial charge on any atom is 0.324 e. The van der Waals surface area contributed by atoms with E-state index in [4.69, 9.17) is 20.1 Å². The summed E-state index contributed by atoms with van der Waals surface area (Å²) in [6.45, 7) is 6.25. The predicted molar refractivity (Wildman–Crippen MR) is 135 cm³/mol. The maximum absolute atomic E-state index is 11.9. The zero-order valence-electron chi connectivity index (χ0n) is 21.3. The summed E-state index contributed by atoms with van der Waals surface area (Å²) in [7, 11) is 1.00. The Labute approximate surface area is 215 Å². The van der Waals surface area contributed by atoms with E-state index in [1.165, 1.54) is 0 Å². The van der Waals surface area contributed by atoms with Gasteiger partial charge >= 0.3 is 6.01 Å². The van der Waals surface area contributed by atoms with E-state index in [0.29, 0.717) is 24.3 Å². The molecule has 3 N–H and O–H groups in total. The second-order valence-corrected chi connectivity index (χ2v) is 8.74. The molecule has 2 aromatic heterocycles. The summed E-state index contributed by atoms with van der Waals surface area (Å²) in [5.41, 5.74) is 5.94. The van der Waals surface area contributed by atoms with E-state index in [9.17, 15) is 8.78 Å². The highest BCUT2D eigenvalue weighted by Crippen LogP contribution is 2.23. The van der Waals surface area contributed by atoms with Gasteiger partial charge in [0, 0.05) is 45.8 Å². The first kappa shape index (κ1) is 28.2. The molecular formula is C25H35F2N7O3. The highest BCUT2D eigenvalue weighted by atomic mass is 19.1. The Morgan fingerprint density at radius 1 is 1.00 bits per heavy atom. The van der Waals surface area contributed by atoms with E-state index in [-0.39, 0.29) is 6.04 Å². The lowest BCUT2D eigenvalue weighted by atomic mass is 9.98. The van der Waals surface area contributed by atoms with Crippen LogP contribution in [0.25, 0.3) is 0 Å². The number of ether oxygens (including phenoxy) is 1. The van der Waals surface area contributed by atoms with Gasteiger partial charge in [-0.2, -0.15) is 4.98 Å². The van der Waals surface area contributed by atoms with Gasteiger partial charge in [-0.05, 0) is 49.4 Å². The molecule has 5 rings (SSSR count). The Bertz CT molecular complexity index is 1020. The molecule has 0 aliphatic carbocycles. The van der Waals surface area contributed by atoms with Gasteiger partial charge in [0.15, 0.2) is 11.6 Å². The zero-order valence-corrected chi connectivity index (χ0v) is 21.3. The molecule has 3 aromatic rings. The number of aliphatic hydroxyl groups is 1. The minimum Gasteiger partial charge on any atom is -0.490 e. The number of anilines is 2. The first-order chi connectivity index (χ1) is 18.0. The summed E-state index contributed by atoms with van der Waals surface area (Å²) in [6, 6.07) is 5.17. The number of piperidine rings is 1. The summed E-state index contributed by atoms with van der Waals surface area (Å²) in [6.07, 6.45) is 7.36. The molecule has 37 heavy (non-hydrogen) atoms. The van der Waals surface area contributed by atoms with Crippen molar-refractivity contribution in [3.8, 4) is 5.75 Å². The Morgan fingerprint density at radius 3 is 2.11 bits per heavy atom. The van der Waals surface area contributed by atoms with Crippen LogP contribution in [-0.2, 0) is 6.42 Å². The van der Waals surface area contributed by atoms with E-state index in [2.05, 4.69) is 29.9 Å². The number of aromatic nitrogens is 4. The van der Waals surface area contributed by atoms with Crippen LogP contribution in [0.4, 0.5) is 20.7 Å². The highest BCUT2D eigenvalue weighted by molar-refractivity contribution is 5.33. The lowest BCUT2D eigenvalue weighted by Crippen LogP contribution is -2.35. The molecule has 0 saturated carbocycles. The van der Waals surface area contributed by atoms with Crippen LogP contribution < -0.4 is 20.3 Å². The molecular weight excluding hydrogens is 484 g/mol. The van der Waals surface area contributed by atoms with Crippen molar-refractivity contribution < 1.29 is 23.1 Å². The largest absolute Gasteiger partial charge is 0.490 e. The normalized spacial score (nSPS) is 17.5. The number of aliphatic hydroxyl groups excluding tert-OH is 1. The fraction of sp³-hybridized carbons (Fsp3) is 0.520. The summed E-state index contributed by atoms with van der Waals surface area (Å²) < 4.78 is 35.1. The molecule has 2 aliphatic rings. The summed E-state index contributed by atoms with van der Waals surface area (Å²) in [4.78, 5) is 17.5. The number of nitrogens with zero attached hydrogens (tertiary/aromatic N) is 6. The standard InChI is InChI=1S/C18H27N7O2.C6H4F2.CH4O/c1-2-16-22-18(27-23-16)24-6-3-13(4-7-24)12-26-15-9-20-17(21-10-15)25-8-5-14(19)11-25;7-5-1-2-6(8)4-3-5;1-2/h9-10,13-14H,2-8,11-12,19H2,1H3;1-4H;2H,1H3. The monoisotopic (exact) mass is 519 g/mol. The van der Waals surface area contributed by atoms with Crippen LogP contribution in [0, 0.1) is 17.6 Å². The Balaban J connectivity index is 0.000000322. The molecule has 0 spiro atoms. The maximum atomic E-state index is 11.9. The van der Waals surface area contributed by atoms with Crippen LogP contribution >= 0.6 is 0 Å². The molecule has 12 heteroatoms. The first-order valence-corrected chi connectivity index (χ1v) is 12.4. The zero-order chi connectivity index (χ0) is 26.6. The van der Waals surface area contributed by atoms with E-state index < -0.39 is 11.6 Å². The number of benzene rings is 1. The number of hydrogen-bond donors (Lipinski definition) is 2. The van der Waals surface area contributed by atoms with Crippen molar-refractivity contribution in [1.82, 2.24) is 20.1 Å². The van der Waals surface area contributed by atoms with Gasteiger partial charge in [0.1, 0.15) is 11.6 Å². The third-order valence-corrected chi connectivity index (χ3v) is 6.07. The smallest absolute Gasteiger partial charge is 0.324 e. The molecule has 10 nitrogen and oxygen atoms in total. The molecule has 0 radical (unpaired) electrons. The number of nitrogens with two attached hydrogens (primary N) is 1. The molecule has 1 atom stereocenters. The third kappa shape index (κ3) is 8.60. The van der Waals surface area contributed by atoms with Crippen LogP contribution in [0.5, 0.6) is 5.75 Å². The highest BCUT2D eigenvalue weighted by Gasteiger charge is 2.24. The van der Waals surface area contributed by atoms with Crippen LogP contribution in [0.15, 0.2) is 41.2 Å². The van der Waals surface area contributed by atoms with E-state index in [1.54, 1.807) is 12.4 Å². The molecule has 1 unspecified atom stereocenters. The first-order valence-electron chi connectivity index (χ1n) is 12.4. The SMILES string of the molecule is CCc1noc(N2CCC(COc3cnc(N4CCC(N)C4)nc3)CC2)n1.CO.Fc1ccc(F)cc1. The average Bonchev–Trinajstić information content (AvgIpc) is 3.61. The van der Waals surface area contributed by atoms with Gasteiger partial charge in [-0.1, -0.05) is 12.1 Å². The van der Waals surface area contributed by atoms with E-state index in [1.807, 2.05) is 6.92 Å². The lowest BCUT2D eigenvalue weighted by molar-refractivity contribution is 0.219. The minimum atomic E-state index is -0.411. The van der Waals surface area contributed by atoms with Gasteiger partial charge in [0.05, 0.1) is 19.0 Å². The van der Waals surface area contributed by atoms with Crippen molar-refractivity contribution >= 4 is 12.0 Å². The summed E-state index contributed by atoms with van der Waals surface area (Å²) in [5.74, 6) is 1.89. The number of aryl methyl sites for hydroxylation is 1. The summed E-state index contributed by atoms with van der Waals surface area (Å²) >= 11 is 0. The van der Waals surface area contributed by atoms with Crippen molar-refractivity contribution in [2.24, 2.45) is 11.7 Å². The van der Waals surface area contributed by atoms with Crippen molar-refractivity contribution in [3.05, 3.63) is 54.1 Å². The molecule has 1 aromatic carbocycles. The van der Waals surface area contributed by atoms with E-state index in [0.717, 1.165) is 95.0 Å². The van der Waals surface area contributed by atoms with Crippen LogP contribution in [0.1, 0.15) is 32.0 Å². The average molecular weight is 520 g/mol. The lowest BCUT2D eigenvalue weighted by Gasteiger charge is -2.30. The summed E-state index contributed by atoms with van der Waals surface area (Å²) in [5, 5.41) is 11.0. The third-order valence-electron chi connectivity index (χ3n) is 6.07. The van der Waals surface area contributed by atoms with Gasteiger partial charge in [0.2, 0.25) is 5.95 Å². The van der Waals surface area contributed by atoms with Crippen LogP contribution in [0.2, 0.25) is 0 Å². The van der Waals surface area contributed by atoms with Gasteiger partial charge < -0.3 is 29.9 Å². The van der Waals surface area contributed by atoms with E-state index >= 15 is 0 Å². The fourth-order valence-electron chi connectivity index (χ4n) is 3.97. The quantitative estimate of drug-likeness (QED) is 0.502. The second-order valence-electron chi connectivity index (χ2n) is 8.74. The molecule has 2 aliphatic heterocycles. The van der Waals surface area contributed by atoms with Crippen LogP contribution in [-0.4, -0.2) is 71.2 Å². The van der Waals surface area contributed by atoms with Crippen molar-refractivity contribution in [2.45, 2.75) is 38.6 Å². The number of rotatable bonds is 6. The Morgan fingerprint density at radius 2 is 1.59 bits per heavy atom. The van der Waals surface area contributed by atoms with Crippen LogP contribution in [0.3, 0.4) is 0 Å². The molecule has 202 valence electrons. The Hall–Kier alpha value is -3.38. The second kappa shape index (κ2) is 14.4. The minimum absolute atomic E-state index is 0.219. The topological polar surface area (TPSA) is 127 Å². The van der Waals surface area contributed by atoms with Gasteiger partial charge in [-0.15, -0.1) is 0 Å². The van der Waals surface area contributed by atoms with Crippen molar-refractivity contribution in [3.63, 3.8) is 0 Å². The van der Waals surface area contributed by atoms with Gasteiger partial charge in [-0.25, -0.2) is 18.7 Å². The molecule has 2 fully saturated rings. The van der Waals surface area contributed by atoms with Gasteiger partial charge in [0.25, 0.3) is 0 Å². The molecule has 4 heterocycles. The molecule has 0 amide bonds. The fourth-order valence-corrected chi connectivity index (χ4v) is 3.97. The molecule has 2 saturated heterocycles. The van der Waals surface area contributed by atoms with Crippen molar-refractivity contribution in [2.75, 3.05) is 49.7 Å². The van der Waals surface area contributed by atoms with Gasteiger partial charge in [-0.3, -0.25) is 0 Å². The van der Waals surface area contributed by atoms with Crippen molar-refractivity contribution in [1.29, 1.82) is 0 Å². The number of hydrogen-bond acceptors (Lipinski definition) is 10.